The number of phenols is 1. The summed E-state index contributed by atoms with van der Waals surface area (Å²) >= 11 is 5.90. The molecule has 0 bridgehead atoms. The van der Waals surface area contributed by atoms with Gasteiger partial charge in [-0.15, -0.1) is 0 Å². The monoisotopic (exact) mass is 275 g/mol. The maximum atomic E-state index is 11.9. The number of carbonyl (C=O) groups excluding carboxylic acids is 1. The molecule has 2 N–H and O–H groups in total. The smallest absolute Gasteiger partial charge is 0.228 e. The molecule has 0 aliphatic heterocycles. The summed E-state index contributed by atoms with van der Waals surface area (Å²) in [5, 5.41) is 12.7. The first-order valence-corrected chi connectivity index (χ1v) is 6.26. The van der Waals surface area contributed by atoms with Gasteiger partial charge in [0.15, 0.2) is 0 Å². The Kier molecular flexibility index (Phi) is 4.07. The average molecular weight is 276 g/mol. The van der Waals surface area contributed by atoms with E-state index in [9.17, 15) is 9.90 Å². The molecule has 0 radical (unpaired) electrons. The minimum atomic E-state index is -0.143. The summed E-state index contributed by atoms with van der Waals surface area (Å²) in [6.07, 6.45) is 0.209. The normalized spacial score (nSPS) is 10.2. The largest absolute Gasteiger partial charge is 0.508 e. The molecule has 0 aromatic heterocycles. The average Bonchev–Trinajstić information content (AvgIpc) is 2.34. The first-order chi connectivity index (χ1) is 9.04. The number of anilines is 1. The lowest BCUT2D eigenvalue weighted by Crippen LogP contribution is -2.15. The van der Waals surface area contributed by atoms with E-state index in [1.165, 1.54) is 0 Å². The molecule has 0 atom stereocenters. The lowest BCUT2D eigenvalue weighted by atomic mass is 10.1. The summed E-state index contributed by atoms with van der Waals surface area (Å²) in [6.45, 7) is 1.90. The van der Waals surface area contributed by atoms with Crippen LogP contribution in [-0.2, 0) is 11.2 Å². The summed E-state index contributed by atoms with van der Waals surface area (Å²) in [4.78, 5) is 11.9. The van der Waals surface area contributed by atoms with Crippen molar-refractivity contribution in [2.75, 3.05) is 5.32 Å². The maximum Gasteiger partial charge on any atom is 0.228 e. The molecule has 3 nitrogen and oxygen atoms in total. The molecular weight excluding hydrogens is 262 g/mol. The lowest BCUT2D eigenvalue weighted by molar-refractivity contribution is -0.115. The minimum Gasteiger partial charge on any atom is -0.508 e. The number of nitrogens with one attached hydrogen (secondary N) is 1. The third-order valence-electron chi connectivity index (χ3n) is 2.75. The van der Waals surface area contributed by atoms with E-state index in [1.54, 1.807) is 36.4 Å². The second kappa shape index (κ2) is 5.76. The van der Waals surface area contributed by atoms with E-state index in [0.29, 0.717) is 10.7 Å². The van der Waals surface area contributed by atoms with E-state index in [2.05, 4.69) is 5.32 Å². The summed E-state index contributed by atoms with van der Waals surface area (Å²) in [6, 6.07) is 12.0. The van der Waals surface area contributed by atoms with Gasteiger partial charge in [-0.1, -0.05) is 29.8 Å². The third-order valence-corrected chi connectivity index (χ3v) is 2.98. The van der Waals surface area contributed by atoms with Gasteiger partial charge in [0.25, 0.3) is 0 Å². The van der Waals surface area contributed by atoms with Crippen LogP contribution in [-0.4, -0.2) is 11.0 Å². The third kappa shape index (κ3) is 3.73. The molecule has 2 rings (SSSR count). The van der Waals surface area contributed by atoms with Crippen molar-refractivity contribution in [2.24, 2.45) is 0 Å². The van der Waals surface area contributed by atoms with Crippen molar-refractivity contribution in [3.63, 3.8) is 0 Å². The van der Waals surface area contributed by atoms with E-state index < -0.39 is 0 Å². The van der Waals surface area contributed by atoms with Crippen molar-refractivity contribution in [1.29, 1.82) is 0 Å². The predicted molar refractivity (Wildman–Crippen MR) is 76.6 cm³/mol. The van der Waals surface area contributed by atoms with Crippen LogP contribution >= 0.6 is 11.6 Å². The number of carbonyl (C=O) groups is 1. The second-order valence-corrected chi connectivity index (χ2v) is 4.79. The molecule has 4 heteroatoms. The molecule has 2 aromatic rings. The number of hydrogen-bond donors (Lipinski definition) is 2. The maximum absolute atomic E-state index is 11.9. The number of phenolic OH excluding ortho intramolecular Hbond substituents is 1. The molecule has 0 fully saturated rings. The Morgan fingerprint density at radius 2 is 2.05 bits per heavy atom. The van der Waals surface area contributed by atoms with Crippen LogP contribution in [0.3, 0.4) is 0 Å². The van der Waals surface area contributed by atoms with Crippen molar-refractivity contribution in [2.45, 2.75) is 13.3 Å². The molecule has 0 aliphatic rings. The van der Waals surface area contributed by atoms with Gasteiger partial charge in [0.2, 0.25) is 5.91 Å². The highest BCUT2D eigenvalue weighted by molar-refractivity contribution is 6.31. The highest BCUT2D eigenvalue weighted by Gasteiger charge is 2.07. The van der Waals surface area contributed by atoms with Crippen molar-refractivity contribution in [1.82, 2.24) is 0 Å². The van der Waals surface area contributed by atoms with Gasteiger partial charge < -0.3 is 10.4 Å². The molecule has 2 aromatic carbocycles. The molecule has 1 amide bonds. The number of halogens is 1. The van der Waals surface area contributed by atoms with Crippen LogP contribution in [0.2, 0.25) is 5.02 Å². The van der Waals surface area contributed by atoms with Crippen molar-refractivity contribution >= 4 is 23.2 Å². The second-order valence-electron chi connectivity index (χ2n) is 4.35. The van der Waals surface area contributed by atoms with Gasteiger partial charge in [-0.05, 0) is 42.3 Å². The van der Waals surface area contributed by atoms with E-state index in [1.807, 2.05) is 13.0 Å². The molecule has 0 saturated heterocycles. The number of rotatable bonds is 3. The summed E-state index contributed by atoms with van der Waals surface area (Å²) in [5.74, 6) is 0.0141. The van der Waals surface area contributed by atoms with Gasteiger partial charge in [0.05, 0.1) is 6.42 Å². The Morgan fingerprint density at radius 3 is 2.79 bits per heavy atom. The van der Waals surface area contributed by atoms with Crippen LogP contribution in [0.5, 0.6) is 5.75 Å². The predicted octanol–water partition coefficient (Wildman–Crippen LogP) is 3.54. The SMILES string of the molecule is Cc1ccc(Cl)cc1NC(=O)Cc1cccc(O)c1. The molecule has 19 heavy (non-hydrogen) atoms. The van der Waals surface area contributed by atoms with Crippen LogP contribution in [0.4, 0.5) is 5.69 Å². The standard InChI is InChI=1S/C15H14ClNO2/c1-10-5-6-12(16)9-14(10)17-15(19)8-11-3-2-4-13(18)7-11/h2-7,9,18H,8H2,1H3,(H,17,19). The highest BCUT2D eigenvalue weighted by Crippen LogP contribution is 2.20. The van der Waals surface area contributed by atoms with Crippen LogP contribution in [0.15, 0.2) is 42.5 Å². The van der Waals surface area contributed by atoms with Crippen molar-refractivity contribution in [3.8, 4) is 5.75 Å². The minimum absolute atomic E-state index is 0.143. The van der Waals surface area contributed by atoms with Crippen molar-refractivity contribution < 1.29 is 9.90 Å². The summed E-state index contributed by atoms with van der Waals surface area (Å²) < 4.78 is 0. The van der Waals surface area contributed by atoms with Crippen LogP contribution in [0.1, 0.15) is 11.1 Å². The lowest BCUT2D eigenvalue weighted by Gasteiger charge is -2.09. The zero-order chi connectivity index (χ0) is 13.8. The Balaban J connectivity index is 2.07. The number of aromatic hydroxyl groups is 1. The van der Waals surface area contributed by atoms with E-state index in [-0.39, 0.29) is 18.1 Å². The van der Waals surface area contributed by atoms with Gasteiger partial charge in [0, 0.05) is 10.7 Å². The zero-order valence-corrected chi connectivity index (χ0v) is 11.2. The first-order valence-electron chi connectivity index (χ1n) is 5.88. The van der Waals surface area contributed by atoms with E-state index in [4.69, 9.17) is 11.6 Å². The van der Waals surface area contributed by atoms with Gasteiger partial charge in [-0.3, -0.25) is 4.79 Å². The Hall–Kier alpha value is -2.00. The number of aryl methyl sites for hydroxylation is 1. The highest BCUT2D eigenvalue weighted by atomic mass is 35.5. The summed E-state index contributed by atoms with van der Waals surface area (Å²) in [7, 11) is 0. The van der Waals surface area contributed by atoms with E-state index in [0.717, 1.165) is 11.1 Å². The van der Waals surface area contributed by atoms with Crippen LogP contribution in [0.25, 0.3) is 0 Å². The zero-order valence-electron chi connectivity index (χ0n) is 10.5. The number of benzene rings is 2. The van der Waals surface area contributed by atoms with Gasteiger partial charge in [-0.25, -0.2) is 0 Å². The molecule has 0 saturated carbocycles. The summed E-state index contributed by atoms with van der Waals surface area (Å²) in [5.41, 5.74) is 2.42. The fourth-order valence-corrected chi connectivity index (χ4v) is 1.95. The molecule has 0 aliphatic carbocycles. The first kappa shape index (κ1) is 13.4. The molecule has 0 spiro atoms. The fourth-order valence-electron chi connectivity index (χ4n) is 1.78. The Labute approximate surface area is 116 Å². The van der Waals surface area contributed by atoms with E-state index >= 15 is 0 Å². The van der Waals surface area contributed by atoms with Gasteiger partial charge >= 0.3 is 0 Å². The molecule has 98 valence electrons. The quantitative estimate of drug-likeness (QED) is 0.900. The van der Waals surface area contributed by atoms with Gasteiger partial charge in [-0.2, -0.15) is 0 Å². The molecule has 0 heterocycles. The van der Waals surface area contributed by atoms with Crippen LogP contribution in [0, 0.1) is 6.92 Å². The number of hydrogen-bond acceptors (Lipinski definition) is 2. The fraction of sp³-hybridized carbons (Fsp3) is 0.133. The van der Waals surface area contributed by atoms with Crippen LogP contribution < -0.4 is 5.32 Å². The van der Waals surface area contributed by atoms with Gasteiger partial charge in [0.1, 0.15) is 5.75 Å². The van der Waals surface area contributed by atoms with Crippen molar-refractivity contribution in [3.05, 3.63) is 58.6 Å². The Morgan fingerprint density at radius 1 is 1.26 bits per heavy atom. The topological polar surface area (TPSA) is 49.3 Å². The molecular formula is C15H14ClNO2. The number of amides is 1. The Bertz CT molecular complexity index is 611. The molecule has 0 unspecified atom stereocenters.